The Morgan fingerprint density at radius 2 is 1.74 bits per heavy atom. The molecule has 0 saturated carbocycles. The number of nitrogens with one attached hydrogen (secondary N) is 1. The molecule has 1 aliphatic heterocycles. The van der Waals surface area contributed by atoms with Gasteiger partial charge in [0.25, 0.3) is 0 Å². The van der Waals surface area contributed by atoms with Crippen molar-refractivity contribution in [1.29, 1.82) is 0 Å². The van der Waals surface area contributed by atoms with Gasteiger partial charge in [-0.15, -0.1) is 0 Å². The number of piperazine rings is 1. The van der Waals surface area contributed by atoms with Crippen molar-refractivity contribution in [2.24, 2.45) is 0 Å². The first-order valence-corrected chi connectivity index (χ1v) is 12.2. The summed E-state index contributed by atoms with van der Waals surface area (Å²) in [6.45, 7) is 7.89. The number of aryl methyl sites for hydroxylation is 2. The number of carbonyl (C=O) groups is 2. The second-order valence-corrected chi connectivity index (χ2v) is 9.32. The number of nitrogens with zero attached hydrogens (tertiary/aromatic N) is 4. The molecule has 5 rings (SSSR count). The summed E-state index contributed by atoms with van der Waals surface area (Å²) in [5.41, 5.74) is 5.39. The van der Waals surface area contributed by atoms with Crippen LogP contribution in [0.15, 0.2) is 60.8 Å². The van der Waals surface area contributed by atoms with E-state index in [0.29, 0.717) is 13.1 Å². The van der Waals surface area contributed by atoms with Gasteiger partial charge in [-0.3, -0.25) is 14.5 Å². The topological polar surface area (TPSA) is 70.0 Å². The number of carbonyl (C=O) groups excluding carboxylic acids is 2. The van der Waals surface area contributed by atoms with Crippen molar-refractivity contribution < 1.29 is 9.59 Å². The molecule has 7 heteroatoms. The van der Waals surface area contributed by atoms with Crippen molar-refractivity contribution in [3.05, 3.63) is 83.3 Å². The molecule has 0 spiro atoms. The van der Waals surface area contributed by atoms with E-state index in [1.165, 1.54) is 11.3 Å². The number of imidazole rings is 1. The van der Waals surface area contributed by atoms with Crippen molar-refractivity contribution >= 4 is 28.2 Å². The third kappa shape index (κ3) is 5.05. The monoisotopic (exact) mass is 469 g/mol. The van der Waals surface area contributed by atoms with Crippen LogP contribution in [0.2, 0.25) is 0 Å². The largest absolute Gasteiger partial charge is 0.347 e. The Balaban J connectivity index is 1.12. The van der Waals surface area contributed by atoms with Crippen LogP contribution >= 0.6 is 0 Å². The van der Waals surface area contributed by atoms with Crippen molar-refractivity contribution in [3.63, 3.8) is 0 Å². The van der Waals surface area contributed by atoms with Crippen LogP contribution in [-0.4, -0.2) is 63.7 Å². The zero-order valence-electron chi connectivity index (χ0n) is 20.3. The Morgan fingerprint density at radius 3 is 2.57 bits per heavy atom. The summed E-state index contributed by atoms with van der Waals surface area (Å²) >= 11 is 0. The van der Waals surface area contributed by atoms with Crippen molar-refractivity contribution in [2.45, 2.75) is 26.8 Å². The molecule has 1 aliphatic rings. The molecule has 1 fully saturated rings. The molecule has 0 bridgehead atoms. The van der Waals surface area contributed by atoms with Gasteiger partial charge in [0, 0.05) is 38.9 Å². The fraction of sp³-hybridized carbons (Fsp3) is 0.321. The summed E-state index contributed by atoms with van der Waals surface area (Å²) in [6, 6.07) is 18.2. The molecule has 180 valence electrons. The molecule has 1 saturated heterocycles. The smallest absolute Gasteiger partial charge is 0.242 e. The number of hydrogen-bond donors (Lipinski definition) is 1. The summed E-state index contributed by atoms with van der Waals surface area (Å²) in [7, 11) is 0. The van der Waals surface area contributed by atoms with Gasteiger partial charge >= 0.3 is 0 Å². The molecule has 0 aliphatic carbocycles. The average molecular weight is 470 g/mol. The standard InChI is InChI=1S/C28H31N5O2/c1-20-10-11-33-25(21(2)30-26(33)16-20)19-31-12-14-32(15-13-31)28(35)18-29-27(34)17-23-8-5-7-22-6-3-4-9-24(22)23/h3-11,16H,12-15,17-19H2,1-2H3,(H,29,34). The molecule has 2 aromatic heterocycles. The zero-order valence-corrected chi connectivity index (χ0v) is 20.3. The van der Waals surface area contributed by atoms with Gasteiger partial charge in [0.2, 0.25) is 11.8 Å². The van der Waals surface area contributed by atoms with Gasteiger partial charge in [0.15, 0.2) is 0 Å². The van der Waals surface area contributed by atoms with Gasteiger partial charge in [0.1, 0.15) is 5.65 Å². The van der Waals surface area contributed by atoms with Crippen LogP contribution in [-0.2, 0) is 22.6 Å². The molecule has 35 heavy (non-hydrogen) atoms. The number of benzene rings is 2. The Bertz CT molecular complexity index is 1380. The highest BCUT2D eigenvalue weighted by Crippen LogP contribution is 2.19. The van der Waals surface area contributed by atoms with E-state index in [1.54, 1.807) is 0 Å². The first-order chi connectivity index (χ1) is 17.0. The van der Waals surface area contributed by atoms with Gasteiger partial charge in [-0.05, 0) is 47.9 Å². The van der Waals surface area contributed by atoms with Gasteiger partial charge in [-0.2, -0.15) is 0 Å². The lowest BCUT2D eigenvalue weighted by Crippen LogP contribution is -2.51. The highest BCUT2D eigenvalue weighted by atomic mass is 16.2. The maximum atomic E-state index is 12.7. The maximum absolute atomic E-state index is 12.7. The van der Waals surface area contributed by atoms with E-state index in [-0.39, 0.29) is 24.8 Å². The minimum absolute atomic E-state index is 0.0302. The molecule has 0 unspecified atom stereocenters. The van der Waals surface area contributed by atoms with E-state index >= 15 is 0 Å². The molecule has 2 aromatic carbocycles. The normalized spacial score (nSPS) is 14.5. The van der Waals surface area contributed by atoms with Gasteiger partial charge < -0.3 is 14.6 Å². The van der Waals surface area contributed by atoms with Crippen molar-refractivity contribution in [2.75, 3.05) is 32.7 Å². The van der Waals surface area contributed by atoms with Gasteiger partial charge in [-0.25, -0.2) is 4.98 Å². The zero-order chi connectivity index (χ0) is 24.4. The summed E-state index contributed by atoms with van der Waals surface area (Å²) in [4.78, 5) is 34.2. The molecule has 2 amide bonds. The predicted octanol–water partition coefficient (Wildman–Crippen LogP) is 3.11. The lowest BCUT2D eigenvalue weighted by atomic mass is 10.0. The van der Waals surface area contributed by atoms with E-state index in [1.807, 2.05) is 47.4 Å². The first-order valence-electron chi connectivity index (χ1n) is 12.2. The van der Waals surface area contributed by atoms with Crippen molar-refractivity contribution in [1.82, 2.24) is 24.5 Å². The number of aromatic nitrogens is 2. The quantitative estimate of drug-likeness (QED) is 0.471. The minimum atomic E-state index is -0.133. The Kier molecular flexibility index (Phi) is 6.51. The number of fused-ring (bicyclic) bond motifs is 2. The van der Waals surface area contributed by atoms with E-state index in [4.69, 9.17) is 4.98 Å². The van der Waals surface area contributed by atoms with E-state index in [2.05, 4.69) is 46.8 Å². The predicted molar refractivity (Wildman–Crippen MR) is 137 cm³/mol. The molecular weight excluding hydrogens is 438 g/mol. The fourth-order valence-electron chi connectivity index (χ4n) is 4.84. The number of rotatable bonds is 6. The second kappa shape index (κ2) is 9.88. The number of amides is 2. The third-order valence-corrected chi connectivity index (χ3v) is 6.85. The van der Waals surface area contributed by atoms with Crippen molar-refractivity contribution in [3.8, 4) is 0 Å². The number of hydrogen-bond acceptors (Lipinski definition) is 4. The van der Waals surface area contributed by atoms with Crippen LogP contribution in [0.5, 0.6) is 0 Å². The van der Waals surface area contributed by atoms with Crippen LogP contribution in [0, 0.1) is 13.8 Å². The van der Waals surface area contributed by atoms with Crippen LogP contribution < -0.4 is 5.32 Å². The fourth-order valence-corrected chi connectivity index (χ4v) is 4.84. The lowest BCUT2D eigenvalue weighted by molar-refractivity contribution is -0.134. The molecular formula is C28H31N5O2. The molecule has 0 atom stereocenters. The highest BCUT2D eigenvalue weighted by Gasteiger charge is 2.23. The van der Waals surface area contributed by atoms with Crippen LogP contribution in [0.25, 0.3) is 16.4 Å². The van der Waals surface area contributed by atoms with Crippen LogP contribution in [0.4, 0.5) is 0 Å². The molecule has 3 heterocycles. The Labute approximate surface area is 205 Å². The lowest BCUT2D eigenvalue weighted by Gasteiger charge is -2.34. The average Bonchev–Trinajstić information content (AvgIpc) is 3.17. The SMILES string of the molecule is Cc1ccn2c(CN3CCN(C(=O)CNC(=O)Cc4cccc5ccccc45)CC3)c(C)nc2c1. The Morgan fingerprint density at radius 1 is 0.971 bits per heavy atom. The van der Waals surface area contributed by atoms with E-state index in [0.717, 1.165) is 47.3 Å². The summed E-state index contributed by atoms with van der Waals surface area (Å²) in [5.74, 6) is -0.163. The molecule has 0 radical (unpaired) electrons. The van der Waals surface area contributed by atoms with E-state index in [9.17, 15) is 9.59 Å². The number of pyridine rings is 1. The van der Waals surface area contributed by atoms with E-state index < -0.39 is 0 Å². The highest BCUT2D eigenvalue weighted by molar-refractivity contribution is 5.91. The first kappa shape index (κ1) is 23.1. The summed E-state index contributed by atoms with van der Waals surface area (Å²) in [6.07, 6.45) is 2.35. The van der Waals surface area contributed by atoms with Gasteiger partial charge in [-0.1, -0.05) is 42.5 Å². The van der Waals surface area contributed by atoms with Gasteiger partial charge in [0.05, 0.1) is 24.4 Å². The Hall–Kier alpha value is -3.71. The minimum Gasteiger partial charge on any atom is -0.347 e. The summed E-state index contributed by atoms with van der Waals surface area (Å²) in [5, 5.41) is 5.00. The molecule has 7 nitrogen and oxygen atoms in total. The third-order valence-electron chi connectivity index (χ3n) is 6.85. The summed E-state index contributed by atoms with van der Waals surface area (Å²) < 4.78 is 2.16. The second-order valence-electron chi connectivity index (χ2n) is 9.32. The maximum Gasteiger partial charge on any atom is 0.242 e. The molecule has 4 aromatic rings. The molecule has 1 N–H and O–H groups in total. The van der Waals surface area contributed by atoms with Crippen LogP contribution in [0.3, 0.4) is 0 Å². The van der Waals surface area contributed by atoms with Crippen LogP contribution in [0.1, 0.15) is 22.5 Å².